The molecule has 0 fully saturated rings. The van der Waals surface area contributed by atoms with Crippen LogP contribution in [0, 0.1) is 0 Å². The minimum absolute atomic E-state index is 0.268. The first-order chi connectivity index (χ1) is 6.57. The Balaban J connectivity index is 2.84. The molecule has 1 aliphatic heterocycles. The number of hydrogen-bond acceptors (Lipinski definition) is 4. The highest BCUT2D eigenvalue weighted by Gasteiger charge is 2.40. The molecule has 2 atom stereocenters. The van der Waals surface area contributed by atoms with Crippen LogP contribution in [0.15, 0.2) is 17.6 Å². The van der Waals surface area contributed by atoms with E-state index in [4.69, 9.17) is 10.2 Å². The summed E-state index contributed by atoms with van der Waals surface area (Å²) in [5.74, 6) is -2.43. The Labute approximate surface area is 80.2 Å². The topological polar surface area (TPSA) is 90.2 Å². The summed E-state index contributed by atoms with van der Waals surface area (Å²) in [7, 11) is 0. The minimum atomic E-state index is -1.24. The van der Waals surface area contributed by atoms with Crippen molar-refractivity contribution in [3.8, 4) is 0 Å². The fraction of sp³-hybridized carbons (Fsp3) is 0.375. The normalized spacial score (nSPS) is 25.0. The number of aliphatic imine (C=N–C) groups is 1. The molecule has 0 aliphatic carbocycles. The highest BCUT2D eigenvalue weighted by Crippen LogP contribution is 2.14. The zero-order valence-electron chi connectivity index (χ0n) is 7.33. The molecule has 0 aromatic rings. The van der Waals surface area contributed by atoms with Gasteiger partial charge in [0, 0.05) is 6.54 Å². The Morgan fingerprint density at radius 2 is 2.14 bits per heavy atom. The van der Waals surface area contributed by atoms with E-state index in [0.29, 0.717) is 0 Å². The van der Waals surface area contributed by atoms with Gasteiger partial charge in [0.25, 0.3) is 0 Å². The van der Waals surface area contributed by atoms with Crippen LogP contribution in [-0.4, -0.2) is 52.0 Å². The first-order valence-corrected chi connectivity index (χ1v) is 3.93. The van der Waals surface area contributed by atoms with E-state index in [-0.39, 0.29) is 6.54 Å². The average molecular weight is 198 g/mol. The Morgan fingerprint density at radius 3 is 2.57 bits per heavy atom. The van der Waals surface area contributed by atoms with Gasteiger partial charge >= 0.3 is 11.9 Å². The third kappa shape index (κ3) is 1.73. The summed E-state index contributed by atoms with van der Waals surface area (Å²) in [5, 5.41) is 17.5. The van der Waals surface area contributed by atoms with E-state index in [0.717, 1.165) is 0 Å². The van der Waals surface area contributed by atoms with Crippen molar-refractivity contribution in [1.29, 1.82) is 0 Å². The molecule has 0 aromatic carbocycles. The van der Waals surface area contributed by atoms with Crippen molar-refractivity contribution < 1.29 is 19.8 Å². The number of carboxylic acids is 2. The first kappa shape index (κ1) is 10.2. The highest BCUT2D eigenvalue weighted by atomic mass is 16.4. The van der Waals surface area contributed by atoms with Crippen LogP contribution in [0.4, 0.5) is 0 Å². The lowest BCUT2D eigenvalue weighted by atomic mass is 10.1. The third-order valence-corrected chi connectivity index (χ3v) is 1.88. The van der Waals surface area contributed by atoms with E-state index in [2.05, 4.69) is 11.6 Å². The van der Waals surface area contributed by atoms with Crippen LogP contribution < -0.4 is 0 Å². The number of nitrogens with zero attached hydrogens (tertiary/aromatic N) is 2. The molecule has 2 N–H and O–H groups in total. The molecule has 2 unspecified atom stereocenters. The SMILES string of the molecule is C=CCN1C=NC(C(=O)O)C1C(=O)O. The van der Waals surface area contributed by atoms with Crippen molar-refractivity contribution in [2.45, 2.75) is 12.1 Å². The van der Waals surface area contributed by atoms with Gasteiger partial charge in [0.15, 0.2) is 12.1 Å². The molecule has 0 amide bonds. The summed E-state index contributed by atoms with van der Waals surface area (Å²) in [6, 6.07) is -2.36. The Kier molecular flexibility index (Phi) is 2.85. The molecule has 1 heterocycles. The molecule has 14 heavy (non-hydrogen) atoms. The van der Waals surface area contributed by atoms with Gasteiger partial charge in [-0.25, -0.2) is 9.59 Å². The van der Waals surface area contributed by atoms with Crippen molar-refractivity contribution in [2.75, 3.05) is 6.54 Å². The average Bonchev–Trinajstić information content (AvgIpc) is 2.48. The van der Waals surface area contributed by atoms with Crippen LogP contribution in [0.3, 0.4) is 0 Å². The molecule has 1 aliphatic rings. The van der Waals surface area contributed by atoms with E-state index in [9.17, 15) is 9.59 Å². The van der Waals surface area contributed by atoms with Crippen molar-refractivity contribution >= 4 is 18.3 Å². The summed E-state index contributed by atoms with van der Waals surface area (Å²) in [4.78, 5) is 26.4. The lowest BCUT2D eigenvalue weighted by Gasteiger charge is -2.20. The molecule has 0 aromatic heterocycles. The fourth-order valence-electron chi connectivity index (χ4n) is 1.28. The van der Waals surface area contributed by atoms with Crippen molar-refractivity contribution in [1.82, 2.24) is 4.90 Å². The van der Waals surface area contributed by atoms with Crippen LogP contribution in [0.1, 0.15) is 0 Å². The molecule has 0 spiro atoms. The molecule has 0 saturated carbocycles. The number of carboxylic acid groups (broad SMARTS) is 2. The second-order valence-electron chi connectivity index (χ2n) is 2.82. The quantitative estimate of drug-likeness (QED) is 0.590. The van der Waals surface area contributed by atoms with Gasteiger partial charge in [-0.05, 0) is 0 Å². The maximum absolute atomic E-state index is 10.8. The molecule has 0 bridgehead atoms. The van der Waals surface area contributed by atoms with Gasteiger partial charge in [-0.3, -0.25) is 4.99 Å². The highest BCUT2D eigenvalue weighted by molar-refractivity contribution is 5.90. The number of aliphatic carboxylic acids is 2. The molecule has 1 rings (SSSR count). The molecule has 0 radical (unpaired) electrons. The standard InChI is InChI=1S/C8H10N2O4/c1-2-3-10-4-9-5(7(11)12)6(10)8(13)14/h2,4-6H,1,3H2,(H,11,12)(H,13,14). The van der Waals surface area contributed by atoms with E-state index in [1.165, 1.54) is 17.3 Å². The first-order valence-electron chi connectivity index (χ1n) is 3.93. The van der Waals surface area contributed by atoms with Gasteiger partial charge < -0.3 is 15.1 Å². The second-order valence-corrected chi connectivity index (χ2v) is 2.82. The maximum atomic E-state index is 10.8. The monoisotopic (exact) mass is 198 g/mol. The second kappa shape index (κ2) is 3.91. The molecular formula is C8H10N2O4. The lowest BCUT2D eigenvalue weighted by Crippen LogP contribution is -2.45. The van der Waals surface area contributed by atoms with Gasteiger partial charge in [0.2, 0.25) is 0 Å². The zero-order chi connectivity index (χ0) is 10.7. The molecule has 6 heteroatoms. The van der Waals surface area contributed by atoms with Crippen molar-refractivity contribution in [2.24, 2.45) is 4.99 Å². The Hall–Kier alpha value is -1.85. The van der Waals surface area contributed by atoms with Gasteiger partial charge in [0.1, 0.15) is 0 Å². The van der Waals surface area contributed by atoms with E-state index < -0.39 is 24.0 Å². The number of rotatable bonds is 4. The number of carbonyl (C=O) groups is 2. The Morgan fingerprint density at radius 1 is 1.50 bits per heavy atom. The van der Waals surface area contributed by atoms with E-state index in [1.807, 2.05) is 0 Å². The summed E-state index contributed by atoms with van der Waals surface area (Å²) in [6.07, 6.45) is 2.73. The zero-order valence-corrected chi connectivity index (χ0v) is 7.33. The summed E-state index contributed by atoms with van der Waals surface area (Å²) >= 11 is 0. The Bertz CT molecular complexity index is 300. The fourth-order valence-corrected chi connectivity index (χ4v) is 1.28. The van der Waals surface area contributed by atoms with E-state index >= 15 is 0 Å². The summed E-state index contributed by atoms with van der Waals surface area (Å²) in [5.41, 5.74) is 0. The smallest absolute Gasteiger partial charge is 0.331 e. The predicted octanol–water partition coefficient (Wildman–Crippen LogP) is -0.577. The van der Waals surface area contributed by atoms with Crippen LogP contribution >= 0.6 is 0 Å². The van der Waals surface area contributed by atoms with Gasteiger partial charge in [-0.1, -0.05) is 6.08 Å². The van der Waals surface area contributed by atoms with Gasteiger partial charge in [0.05, 0.1) is 6.34 Å². The third-order valence-electron chi connectivity index (χ3n) is 1.88. The van der Waals surface area contributed by atoms with Crippen LogP contribution in [0.2, 0.25) is 0 Å². The van der Waals surface area contributed by atoms with Crippen molar-refractivity contribution in [3.05, 3.63) is 12.7 Å². The largest absolute Gasteiger partial charge is 0.480 e. The number of hydrogen-bond donors (Lipinski definition) is 2. The van der Waals surface area contributed by atoms with Crippen LogP contribution in [-0.2, 0) is 9.59 Å². The lowest BCUT2D eigenvalue weighted by molar-refractivity contribution is -0.148. The van der Waals surface area contributed by atoms with Crippen LogP contribution in [0.5, 0.6) is 0 Å². The maximum Gasteiger partial charge on any atom is 0.331 e. The molecular weight excluding hydrogens is 188 g/mol. The molecule has 0 saturated heterocycles. The van der Waals surface area contributed by atoms with Crippen LogP contribution in [0.25, 0.3) is 0 Å². The minimum Gasteiger partial charge on any atom is -0.480 e. The van der Waals surface area contributed by atoms with Crippen molar-refractivity contribution in [3.63, 3.8) is 0 Å². The van der Waals surface area contributed by atoms with E-state index in [1.54, 1.807) is 0 Å². The predicted molar refractivity (Wildman–Crippen MR) is 48.2 cm³/mol. The molecule has 76 valence electrons. The van der Waals surface area contributed by atoms with Gasteiger partial charge in [-0.15, -0.1) is 6.58 Å². The summed E-state index contributed by atoms with van der Waals surface area (Å²) in [6.45, 7) is 3.71. The van der Waals surface area contributed by atoms with Gasteiger partial charge in [-0.2, -0.15) is 0 Å². The summed E-state index contributed by atoms with van der Waals surface area (Å²) < 4.78 is 0. The molecule has 6 nitrogen and oxygen atoms in total.